The lowest BCUT2D eigenvalue weighted by Gasteiger charge is -2.28. The van der Waals surface area contributed by atoms with Crippen LogP contribution in [0.1, 0.15) is 152 Å². The van der Waals surface area contributed by atoms with Gasteiger partial charge in [-0.3, -0.25) is 84.6 Å². The Kier molecular flexibility index (Phi) is 47.6. The van der Waals surface area contributed by atoms with E-state index in [1.807, 2.05) is 19.9 Å². The molecule has 3 aliphatic heterocycles. The van der Waals surface area contributed by atoms with Crippen molar-refractivity contribution in [2.75, 3.05) is 122 Å². The number of ether oxygens (including phenoxy) is 6. The zero-order chi connectivity index (χ0) is 91.5. The standard InChI is InChI=1S/C11H13ClN4O4.C11H15ClN4O2.C11H16N4O2.C6H3Cl2N3O4.C6H5N3O6.C5H3N3O6.C5H4N2O4.C4H8O2.2CH4O.CH4/c1-20-10(17)7-8(16(18)19)9(14-11(12)13-7)15-5-3-2-4-6-15;1-18-10(17)8-7(13)9(15-11(12)14-8)16-5-3-2-4-6-16;1-17-11(16)9-8(12)10(14-7-13-9)15-5-3-2-4-6-15;1-15-5(12)2-3(11(13)14)4(7)10-6(8)9-2;1-15-5(11)2-3(9(13)14)4(10)8-6(12)7-2;9-3-2(8(13)14)1(4(10)11)6-5(12)7-3;8-3-1-2(4(9)10)6-5(11)7-3;1-3-6-4(2)5;2*1-2;/h2-6H2,1H3;2-6,13H2,1H3;7H,2-6,12H2,1H3;1H3;1H3,(H2,7,8,10,12);(H,10,11)(H2,6,7,9,12);1H,(H,9,10)(H2,6,7,8,11);3H2,1-2H3;2*2H,1H3;1H4. The Hall–Kier alpha value is -14.2. The molecule has 55 nitrogen and oxygen atoms in total. The first kappa shape index (κ1) is 107. The van der Waals surface area contributed by atoms with Crippen molar-refractivity contribution in [2.24, 2.45) is 0 Å². The molecule has 7 aromatic rings. The highest BCUT2D eigenvalue weighted by molar-refractivity contribution is 6.34. The van der Waals surface area contributed by atoms with Gasteiger partial charge in [-0.2, -0.15) is 15.0 Å². The number of hydrogen-bond donors (Lipinski definition) is 12. The van der Waals surface area contributed by atoms with E-state index in [4.69, 9.17) is 78.3 Å². The number of nitrogens with two attached hydrogens (primary N) is 2. The van der Waals surface area contributed by atoms with E-state index in [9.17, 15) is 108 Å². The van der Waals surface area contributed by atoms with E-state index in [-0.39, 0.29) is 52.1 Å². The second-order valence-corrected chi connectivity index (χ2v) is 23.3. The van der Waals surface area contributed by atoms with Gasteiger partial charge in [0, 0.05) is 66.5 Å². The van der Waals surface area contributed by atoms with Crippen LogP contribution in [0.5, 0.6) is 0 Å². The van der Waals surface area contributed by atoms with Crippen molar-refractivity contribution >= 4 is 146 Å². The third kappa shape index (κ3) is 33.4. The van der Waals surface area contributed by atoms with Crippen molar-refractivity contribution in [1.29, 1.82) is 0 Å². The van der Waals surface area contributed by atoms with E-state index in [0.29, 0.717) is 37.0 Å². The molecule has 59 heteroatoms. The Balaban J connectivity index is 0.00000137. The van der Waals surface area contributed by atoms with Crippen LogP contribution >= 0.6 is 46.4 Å². The van der Waals surface area contributed by atoms with Gasteiger partial charge in [-0.15, -0.1) is 0 Å². The molecule has 121 heavy (non-hydrogen) atoms. The van der Waals surface area contributed by atoms with Gasteiger partial charge in [-0.1, -0.05) is 19.0 Å². The van der Waals surface area contributed by atoms with Crippen molar-refractivity contribution in [2.45, 2.75) is 79.1 Å². The SMILES string of the molecule is C.CCOC(C)=O.CO.CO.COC(=O)c1[nH]c(=O)[nH]c(=O)c1[N+](=O)[O-].COC(=O)c1nc(Cl)nc(Cl)c1[N+](=O)[O-].COC(=O)c1nc(Cl)nc(N2CCCCC2)c1N.COC(=O)c1nc(Cl)nc(N2CCCCC2)c1[N+](=O)[O-].COC(=O)c1ncnc(N2CCCCC2)c1N.O=C(O)c1[nH]c(=O)[nH]c(=O)c1[N+](=O)[O-].O=C(O)c1cc(=O)[nH]c(=O)[nH]1. The first-order valence-corrected chi connectivity index (χ1v) is 34.7. The van der Waals surface area contributed by atoms with Gasteiger partial charge in [0.2, 0.25) is 49.6 Å². The van der Waals surface area contributed by atoms with Crippen molar-refractivity contribution in [3.05, 3.63) is 176 Å². The number of carboxylic acids is 2. The first-order valence-electron chi connectivity index (χ1n) is 33.2. The highest BCUT2D eigenvalue weighted by atomic mass is 35.5. The minimum absolute atomic E-state index is 0. The lowest BCUT2D eigenvalue weighted by Crippen LogP contribution is -2.31. The van der Waals surface area contributed by atoms with Crippen LogP contribution in [0.25, 0.3) is 0 Å². The molecule has 10 rings (SSSR count). The smallest absolute Gasteiger partial charge is 0.364 e. The molecule has 0 saturated carbocycles. The fraction of sp³-hybridized carbons (Fsp3) is 0.419. The molecule has 0 amide bonds. The number of carbonyl (C=O) groups excluding carboxylic acids is 6. The minimum Gasteiger partial charge on any atom is -0.477 e. The van der Waals surface area contributed by atoms with E-state index < -0.39 is 152 Å². The van der Waals surface area contributed by atoms with Gasteiger partial charge in [0.15, 0.2) is 23.0 Å². The Morgan fingerprint density at radius 1 is 0.446 bits per heavy atom. The summed E-state index contributed by atoms with van der Waals surface area (Å²) in [5.41, 5.74) is -0.407. The second kappa shape index (κ2) is 53.9. The van der Waals surface area contributed by atoms with Crippen molar-refractivity contribution in [1.82, 2.24) is 69.8 Å². The molecule has 0 radical (unpaired) electrons. The predicted octanol–water partition coefficient (Wildman–Crippen LogP) is 2.23. The van der Waals surface area contributed by atoms with Gasteiger partial charge < -0.3 is 80.0 Å². The average Bonchev–Trinajstić information content (AvgIpc) is 0.792. The number of methoxy groups -OCH3 is 5. The summed E-state index contributed by atoms with van der Waals surface area (Å²) in [5, 5.41) is 72.2. The number of aliphatic hydroxyl groups excluding tert-OH is 2. The average molecular weight is 1800 g/mol. The molecule has 10 heterocycles. The molecule has 3 fully saturated rings. The number of H-pyrrole nitrogens is 6. The van der Waals surface area contributed by atoms with Gasteiger partial charge in [-0.25, -0.2) is 72.9 Å². The number of halogens is 4. The number of hydrogen-bond acceptors (Lipinski definition) is 43. The van der Waals surface area contributed by atoms with E-state index >= 15 is 0 Å². The number of aromatic carboxylic acids is 2. The largest absolute Gasteiger partial charge is 0.477 e. The second-order valence-electron chi connectivity index (χ2n) is 22.0. The Labute approximate surface area is 696 Å². The summed E-state index contributed by atoms with van der Waals surface area (Å²) in [5.74, 6) is -6.26. The fourth-order valence-corrected chi connectivity index (χ4v) is 10.3. The summed E-state index contributed by atoms with van der Waals surface area (Å²) < 4.78 is 26.6. The van der Waals surface area contributed by atoms with Crippen LogP contribution in [-0.2, 0) is 33.2 Å². The highest BCUT2D eigenvalue weighted by Crippen LogP contribution is 2.34. The molecule has 0 spiro atoms. The van der Waals surface area contributed by atoms with Gasteiger partial charge in [0.1, 0.15) is 23.4 Å². The summed E-state index contributed by atoms with van der Waals surface area (Å²) in [7, 11) is 7.73. The van der Waals surface area contributed by atoms with E-state index in [0.717, 1.165) is 113 Å². The normalized spacial score (nSPS) is 11.9. The van der Waals surface area contributed by atoms with Crippen LogP contribution in [0.4, 0.5) is 51.6 Å². The number of nitrogens with zero attached hydrogens (tertiary/aromatic N) is 15. The number of esters is 6. The number of rotatable bonds is 15. The Morgan fingerprint density at radius 2 is 0.793 bits per heavy atom. The van der Waals surface area contributed by atoms with Gasteiger partial charge in [0.25, 0.3) is 5.56 Å². The monoisotopic (exact) mass is 1800 g/mol. The van der Waals surface area contributed by atoms with Crippen LogP contribution in [0.2, 0.25) is 21.0 Å². The maximum Gasteiger partial charge on any atom is 0.364 e. The molecule has 14 N–H and O–H groups in total. The van der Waals surface area contributed by atoms with Crippen molar-refractivity contribution in [3.8, 4) is 0 Å². The lowest BCUT2D eigenvalue weighted by molar-refractivity contribution is -0.387. The number of nitro groups is 4. The van der Waals surface area contributed by atoms with Crippen molar-refractivity contribution < 1.29 is 107 Å². The summed E-state index contributed by atoms with van der Waals surface area (Å²) in [6, 6.07) is 0.795. The maximum atomic E-state index is 11.6. The summed E-state index contributed by atoms with van der Waals surface area (Å²) >= 11 is 22.4. The maximum absolute atomic E-state index is 11.6. The third-order valence-electron chi connectivity index (χ3n) is 14.4. The number of nitrogens with one attached hydrogen (secondary N) is 6. The number of anilines is 5. The van der Waals surface area contributed by atoms with Crippen molar-refractivity contribution in [3.63, 3.8) is 0 Å². The van der Waals surface area contributed by atoms with E-state index in [1.54, 1.807) is 26.8 Å². The van der Waals surface area contributed by atoms with E-state index in [1.165, 1.54) is 40.3 Å². The van der Waals surface area contributed by atoms with Gasteiger partial charge in [0.05, 0.1) is 61.8 Å². The molecule has 7 aromatic heterocycles. The zero-order valence-corrected chi connectivity index (χ0v) is 67.1. The van der Waals surface area contributed by atoms with Gasteiger partial charge in [-0.05, 0) is 99.5 Å². The Morgan fingerprint density at radius 3 is 1.17 bits per heavy atom. The number of piperidine rings is 3. The summed E-state index contributed by atoms with van der Waals surface area (Å²) in [6.45, 7) is 8.48. The Bertz CT molecular complexity index is 5150. The zero-order valence-electron chi connectivity index (χ0n) is 64.1. The molecular weight excluding hydrogens is 1720 g/mol. The molecular formula is C62H79Cl4N23O32. The number of aromatic nitrogens is 14. The summed E-state index contributed by atoms with van der Waals surface area (Å²) in [4.78, 5) is 236. The topological polar surface area (TPSA) is 807 Å². The van der Waals surface area contributed by atoms with Gasteiger partial charge >= 0.3 is 98.7 Å². The molecule has 0 aromatic carbocycles. The number of carboxylic acid groups (broad SMARTS) is 2. The minimum atomic E-state index is -1.75. The molecule has 3 aliphatic rings. The number of aliphatic hydroxyl groups is 2. The first-order chi connectivity index (χ1) is 56.6. The molecule has 0 bridgehead atoms. The van der Waals surface area contributed by atoms with Crippen LogP contribution in [0.3, 0.4) is 0 Å². The molecule has 662 valence electrons. The molecule has 3 saturated heterocycles. The van der Waals surface area contributed by atoms with Crippen LogP contribution in [0, 0.1) is 40.5 Å². The van der Waals surface area contributed by atoms with Crippen LogP contribution in [-0.4, -0.2) is 253 Å². The molecule has 0 unspecified atom stereocenters. The van der Waals surface area contributed by atoms with Crippen LogP contribution < -0.4 is 59.9 Å². The number of aromatic amines is 6. The third-order valence-corrected chi connectivity index (χ3v) is 15.2. The summed E-state index contributed by atoms with van der Waals surface area (Å²) in [6.07, 6.45) is 11.1. The van der Waals surface area contributed by atoms with Crippen LogP contribution in [0.15, 0.2) is 41.2 Å². The number of carbonyl (C=O) groups is 8. The lowest BCUT2D eigenvalue weighted by atomic mass is 10.1. The molecule has 0 atom stereocenters. The van der Waals surface area contributed by atoms with E-state index in [2.05, 4.69) is 73.2 Å². The number of nitrogen functional groups attached to an aromatic ring is 2. The fourth-order valence-electron chi connectivity index (χ4n) is 9.49. The predicted molar refractivity (Wildman–Crippen MR) is 421 cm³/mol. The highest BCUT2D eigenvalue weighted by Gasteiger charge is 2.35. The molecule has 0 aliphatic carbocycles. The quantitative estimate of drug-likeness (QED) is 0.0175.